The topological polar surface area (TPSA) is 0 Å². The largest absolute Gasteiger partial charge is 0.0654 e. The standard InChI is InChI=1S/C42H78/c1-3-5-7-9-11-13-15-17-19-21-23-25-27-29-31-33-36-41-38-35-39-42(40-41)37-34-32-30-28-26-24-22-20-18-16-14-12-10-8-6-4-2/h35,38-40H,3-34,36-37H2,1-2H3. The van der Waals surface area contributed by atoms with Crippen LogP contribution in [0.4, 0.5) is 0 Å². The van der Waals surface area contributed by atoms with Gasteiger partial charge in [0.1, 0.15) is 0 Å². The molecule has 1 rings (SSSR count). The number of benzene rings is 1. The molecule has 0 bridgehead atoms. The average molecular weight is 583 g/mol. The monoisotopic (exact) mass is 583 g/mol. The van der Waals surface area contributed by atoms with Crippen LogP contribution in [0.3, 0.4) is 0 Å². The third kappa shape index (κ3) is 28.0. The third-order valence-electron chi connectivity index (χ3n) is 9.63. The quantitative estimate of drug-likeness (QED) is 0.0709. The van der Waals surface area contributed by atoms with Crippen LogP contribution >= 0.6 is 0 Å². The Labute approximate surface area is 267 Å². The maximum absolute atomic E-state index is 2.51. The van der Waals surface area contributed by atoms with Crippen LogP contribution in [-0.4, -0.2) is 0 Å². The Kier molecular flexibility index (Phi) is 30.9. The van der Waals surface area contributed by atoms with Gasteiger partial charge in [-0.2, -0.15) is 0 Å². The molecule has 0 heterocycles. The lowest BCUT2D eigenvalue weighted by molar-refractivity contribution is 0.529. The van der Waals surface area contributed by atoms with Crippen molar-refractivity contribution in [2.45, 2.75) is 232 Å². The molecule has 0 atom stereocenters. The number of aryl methyl sites for hydroxylation is 2. The van der Waals surface area contributed by atoms with Crippen molar-refractivity contribution in [1.29, 1.82) is 0 Å². The Morgan fingerprint density at radius 3 is 0.738 bits per heavy atom. The molecular formula is C42H78. The zero-order valence-electron chi connectivity index (χ0n) is 29.4. The van der Waals surface area contributed by atoms with Crippen molar-refractivity contribution >= 4 is 0 Å². The number of hydrogen-bond donors (Lipinski definition) is 0. The Morgan fingerprint density at radius 2 is 0.500 bits per heavy atom. The molecule has 0 aromatic heterocycles. The van der Waals surface area contributed by atoms with Crippen molar-refractivity contribution in [2.75, 3.05) is 0 Å². The van der Waals surface area contributed by atoms with Gasteiger partial charge in [-0.15, -0.1) is 0 Å². The molecule has 246 valence electrons. The minimum absolute atomic E-state index is 1.28. The molecule has 0 aliphatic rings. The van der Waals surface area contributed by atoms with Crippen LogP contribution in [0.1, 0.15) is 230 Å². The molecule has 0 aliphatic heterocycles. The second-order valence-corrected chi connectivity index (χ2v) is 13.9. The van der Waals surface area contributed by atoms with Gasteiger partial charge in [0.2, 0.25) is 0 Å². The molecule has 0 saturated heterocycles. The molecule has 0 aliphatic carbocycles. The predicted molar refractivity (Wildman–Crippen MR) is 193 cm³/mol. The van der Waals surface area contributed by atoms with Crippen LogP contribution in [0.25, 0.3) is 0 Å². The summed E-state index contributed by atoms with van der Waals surface area (Å²) in [6, 6.07) is 9.55. The minimum atomic E-state index is 1.28. The first-order chi connectivity index (χ1) is 20.9. The molecule has 0 saturated carbocycles. The second kappa shape index (κ2) is 33.1. The van der Waals surface area contributed by atoms with E-state index in [0.29, 0.717) is 0 Å². The molecule has 0 amide bonds. The first kappa shape index (κ1) is 39.2. The van der Waals surface area contributed by atoms with Gasteiger partial charge < -0.3 is 0 Å². The Morgan fingerprint density at radius 1 is 0.286 bits per heavy atom. The SMILES string of the molecule is CCCCCCCCCCCCCCCCCCc1cccc(CCCCCCCCCCCCCCCCCC)c1. The van der Waals surface area contributed by atoms with Crippen molar-refractivity contribution in [1.82, 2.24) is 0 Å². The lowest BCUT2D eigenvalue weighted by Gasteiger charge is -2.07. The highest BCUT2D eigenvalue weighted by Crippen LogP contribution is 2.17. The van der Waals surface area contributed by atoms with E-state index in [9.17, 15) is 0 Å². The minimum Gasteiger partial charge on any atom is -0.0654 e. The van der Waals surface area contributed by atoms with E-state index in [1.165, 1.54) is 218 Å². The van der Waals surface area contributed by atoms with E-state index < -0.39 is 0 Å². The van der Waals surface area contributed by atoms with Crippen LogP contribution in [0.5, 0.6) is 0 Å². The van der Waals surface area contributed by atoms with Gasteiger partial charge in [0.05, 0.1) is 0 Å². The molecule has 1 aromatic carbocycles. The fraction of sp³-hybridized carbons (Fsp3) is 0.857. The van der Waals surface area contributed by atoms with E-state index in [2.05, 4.69) is 38.1 Å². The van der Waals surface area contributed by atoms with Gasteiger partial charge in [0.25, 0.3) is 0 Å². The summed E-state index contributed by atoms with van der Waals surface area (Å²) < 4.78 is 0. The molecule has 42 heavy (non-hydrogen) atoms. The fourth-order valence-corrected chi connectivity index (χ4v) is 6.70. The Balaban J connectivity index is 1.84. The summed E-state index contributed by atoms with van der Waals surface area (Å²) in [5, 5.41) is 0. The highest BCUT2D eigenvalue weighted by Gasteiger charge is 2.00. The van der Waals surface area contributed by atoms with Crippen LogP contribution in [0.2, 0.25) is 0 Å². The summed E-state index contributed by atoms with van der Waals surface area (Å²) >= 11 is 0. The summed E-state index contributed by atoms with van der Waals surface area (Å²) in [4.78, 5) is 0. The number of unbranched alkanes of at least 4 members (excludes halogenated alkanes) is 30. The van der Waals surface area contributed by atoms with Gasteiger partial charge in [-0.05, 0) is 36.8 Å². The molecule has 0 radical (unpaired) electrons. The molecule has 0 spiro atoms. The molecule has 0 N–H and O–H groups in total. The Bertz CT molecular complexity index is 579. The molecule has 0 unspecified atom stereocenters. The van der Waals surface area contributed by atoms with E-state index in [0.717, 1.165) is 0 Å². The summed E-state index contributed by atoms with van der Waals surface area (Å²) in [5.41, 5.74) is 3.16. The lowest BCUT2D eigenvalue weighted by Crippen LogP contribution is -1.91. The first-order valence-electron chi connectivity index (χ1n) is 19.9. The van der Waals surface area contributed by atoms with Crippen molar-refractivity contribution < 1.29 is 0 Å². The normalized spacial score (nSPS) is 11.5. The highest BCUT2D eigenvalue weighted by atomic mass is 14.1. The van der Waals surface area contributed by atoms with Gasteiger partial charge in [-0.25, -0.2) is 0 Å². The van der Waals surface area contributed by atoms with E-state index in [1.807, 2.05) is 0 Å². The van der Waals surface area contributed by atoms with Crippen LogP contribution in [0, 0.1) is 0 Å². The number of hydrogen-bond acceptors (Lipinski definition) is 0. The summed E-state index contributed by atoms with van der Waals surface area (Å²) in [6.07, 6.45) is 49.0. The summed E-state index contributed by atoms with van der Waals surface area (Å²) in [5.74, 6) is 0. The van der Waals surface area contributed by atoms with Crippen LogP contribution < -0.4 is 0 Å². The second-order valence-electron chi connectivity index (χ2n) is 13.9. The van der Waals surface area contributed by atoms with Gasteiger partial charge in [-0.3, -0.25) is 0 Å². The Hall–Kier alpha value is -0.780. The predicted octanol–water partition coefficient (Wildman–Crippen LogP) is 15.3. The third-order valence-corrected chi connectivity index (χ3v) is 9.63. The fourth-order valence-electron chi connectivity index (χ4n) is 6.70. The maximum atomic E-state index is 2.51. The molecule has 1 aromatic rings. The highest BCUT2D eigenvalue weighted by molar-refractivity contribution is 5.23. The molecule has 0 nitrogen and oxygen atoms in total. The molecule has 0 fully saturated rings. The lowest BCUT2D eigenvalue weighted by atomic mass is 9.99. The number of rotatable bonds is 34. The van der Waals surface area contributed by atoms with Crippen LogP contribution in [0.15, 0.2) is 24.3 Å². The molecule has 0 heteroatoms. The zero-order chi connectivity index (χ0) is 30.0. The maximum Gasteiger partial charge on any atom is -0.0279 e. The van der Waals surface area contributed by atoms with E-state index in [1.54, 1.807) is 11.1 Å². The first-order valence-corrected chi connectivity index (χ1v) is 19.9. The van der Waals surface area contributed by atoms with Crippen molar-refractivity contribution in [2.24, 2.45) is 0 Å². The van der Waals surface area contributed by atoms with Gasteiger partial charge in [-0.1, -0.05) is 231 Å². The smallest absolute Gasteiger partial charge is 0.0279 e. The summed E-state index contributed by atoms with van der Waals surface area (Å²) in [7, 11) is 0. The molecular weight excluding hydrogens is 504 g/mol. The van der Waals surface area contributed by atoms with E-state index in [-0.39, 0.29) is 0 Å². The zero-order valence-corrected chi connectivity index (χ0v) is 29.4. The summed E-state index contributed by atoms with van der Waals surface area (Å²) in [6.45, 7) is 4.61. The van der Waals surface area contributed by atoms with Crippen molar-refractivity contribution in [3.63, 3.8) is 0 Å². The van der Waals surface area contributed by atoms with Crippen LogP contribution in [-0.2, 0) is 12.8 Å². The van der Waals surface area contributed by atoms with E-state index in [4.69, 9.17) is 0 Å². The van der Waals surface area contributed by atoms with E-state index >= 15 is 0 Å². The van der Waals surface area contributed by atoms with Gasteiger partial charge in [0, 0.05) is 0 Å². The average Bonchev–Trinajstić information content (AvgIpc) is 3.01. The van der Waals surface area contributed by atoms with Crippen molar-refractivity contribution in [3.8, 4) is 0 Å². The van der Waals surface area contributed by atoms with Gasteiger partial charge >= 0.3 is 0 Å². The van der Waals surface area contributed by atoms with Gasteiger partial charge in [0.15, 0.2) is 0 Å². The van der Waals surface area contributed by atoms with Crippen molar-refractivity contribution in [3.05, 3.63) is 35.4 Å².